The first-order valence-electron chi connectivity index (χ1n) is 16.4. The van der Waals surface area contributed by atoms with Gasteiger partial charge in [-0.1, -0.05) is 17.7 Å². The van der Waals surface area contributed by atoms with E-state index in [0.717, 1.165) is 66.2 Å². The summed E-state index contributed by atoms with van der Waals surface area (Å²) >= 11 is 0. The number of aryl methyl sites for hydroxylation is 3. The molecule has 63 heavy (non-hydrogen) atoms. The molecule has 0 saturated heterocycles. The van der Waals surface area contributed by atoms with Gasteiger partial charge in [0, 0.05) is 49.6 Å². The Morgan fingerprint density at radius 2 is 0.857 bits per heavy atom. The third-order valence-electron chi connectivity index (χ3n) is 7.82. The third-order valence-corrected chi connectivity index (χ3v) is 13.1. The Balaban J connectivity index is 0.000000861. The summed E-state index contributed by atoms with van der Waals surface area (Å²) in [6, 6.07) is 25.7. The van der Waals surface area contributed by atoms with Crippen molar-refractivity contribution in [2.75, 3.05) is 0 Å². The minimum atomic E-state index is -4.09. The average Bonchev–Trinajstić information content (AvgIpc) is 3.17. The van der Waals surface area contributed by atoms with Crippen LogP contribution in [0.25, 0.3) is 0 Å². The van der Waals surface area contributed by atoms with Gasteiger partial charge in [0.2, 0.25) is 25.5 Å². The average molecular weight is 994 g/mol. The Bertz CT molecular complexity index is 2930. The van der Waals surface area contributed by atoms with Crippen LogP contribution in [0.15, 0.2) is 151 Å². The maximum atomic E-state index is 13.2. The van der Waals surface area contributed by atoms with Gasteiger partial charge in [-0.15, -0.1) is 24.8 Å². The van der Waals surface area contributed by atoms with Crippen molar-refractivity contribution in [3.63, 3.8) is 0 Å². The molecule has 0 unspecified atom stereocenters. The van der Waals surface area contributed by atoms with Crippen LogP contribution in [0.5, 0.6) is 0 Å². The number of nitro groups is 1. The summed E-state index contributed by atoms with van der Waals surface area (Å²) in [6.07, 6.45) is 0. The second-order valence-corrected chi connectivity index (χ2v) is 18.3. The van der Waals surface area contributed by atoms with E-state index in [-0.39, 0.29) is 108 Å². The van der Waals surface area contributed by atoms with Crippen molar-refractivity contribution >= 4 is 45.8 Å². The number of nitro benzene ring substituents is 1. The number of sulfone groups is 3. The van der Waals surface area contributed by atoms with Crippen molar-refractivity contribution < 1.29 is 137 Å². The fourth-order valence-electron chi connectivity index (χ4n) is 4.67. The van der Waals surface area contributed by atoms with E-state index in [9.17, 15) is 57.3 Å². The Morgan fingerprint density at radius 3 is 1.24 bits per heavy atom. The molecule has 6 aromatic carbocycles. The van der Waals surface area contributed by atoms with E-state index in [2.05, 4.69) is 6.07 Å². The molecule has 0 atom stereocenters. The monoisotopic (exact) mass is 993 g/mol. The summed E-state index contributed by atoms with van der Waals surface area (Å²) in [5.74, 6) is -3.26. The normalized spacial score (nSPS) is 10.5. The fraction of sp³-hybridized carbons (Fsp3) is 0.0769. The van der Waals surface area contributed by atoms with Crippen molar-refractivity contribution in [1.82, 2.24) is 0 Å². The second-order valence-electron chi connectivity index (χ2n) is 12.0. The van der Waals surface area contributed by atoms with Crippen molar-refractivity contribution in [1.29, 1.82) is 0 Å². The smallest absolute Gasteiger partial charge is 0.269 e. The minimum Gasteiger partial charge on any atom is -0.269 e. The van der Waals surface area contributed by atoms with Crippen molar-refractivity contribution in [3.8, 4) is 0 Å². The molecule has 24 heteroatoms. The van der Waals surface area contributed by atoms with Crippen LogP contribution in [0.3, 0.4) is 0 Å². The number of nitrogens with zero attached hydrogens (tertiary/aromatic N) is 1. The summed E-state index contributed by atoms with van der Waals surface area (Å²) in [5, 5.41) is 10.7. The molecule has 332 valence electrons. The zero-order chi connectivity index (χ0) is 45.2. The van der Waals surface area contributed by atoms with Gasteiger partial charge < -0.3 is 0 Å². The van der Waals surface area contributed by atoms with Gasteiger partial charge in [-0.25, -0.2) is 42.8 Å². The van der Waals surface area contributed by atoms with Crippen LogP contribution in [0.1, 0.15) is 16.7 Å². The van der Waals surface area contributed by atoms with Crippen molar-refractivity contribution in [2.24, 2.45) is 0 Å². The van der Waals surface area contributed by atoms with Crippen molar-refractivity contribution in [2.45, 2.75) is 50.1 Å². The first-order valence-corrected chi connectivity index (χ1v) is 21.8. The van der Waals surface area contributed by atoms with Crippen LogP contribution in [0.4, 0.5) is 32.3 Å². The first-order chi connectivity index (χ1) is 27.9. The van der Waals surface area contributed by atoms with E-state index < -0.39 is 84.7 Å². The Labute approximate surface area is 411 Å². The van der Waals surface area contributed by atoms with Crippen LogP contribution < -0.4 is 29.6 Å². The number of benzene rings is 6. The maximum Gasteiger partial charge on any atom is 1.00 e. The number of hydrogen-bond donors (Lipinski definition) is 0. The standard InChI is InChI=1S/C13H9F2NO4S.C13H9F2O2S.C13H11FO2S.Ar.FH.Na.O3S/c1-8-6-9(2-4-11(8)14)21(19,20)10-3-5-12(15)13(7-10)16(17)18;1-9-8-12(6-7-13(9)15)18(16,17)11-4-2-10(14)3-5-11;1-10-2-6-12(7-3-10)17(15,16)13-8-4-11(14)5-9-13;;;;1-4(2)3/h2-7H,1H3;2,4-8H,1H3;2-9H,1H3;;1H;;/q;-1;;;;+1;. The van der Waals surface area contributed by atoms with Gasteiger partial charge in [0.05, 0.1) is 29.4 Å². The largest absolute Gasteiger partial charge is 1.00 e. The quantitative estimate of drug-likeness (QED) is 0.0519. The predicted molar refractivity (Wildman–Crippen MR) is 207 cm³/mol. The van der Waals surface area contributed by atoms with E-state index in [0.29, 0.717) is 12.1 Å². The Kier molecular flexibility index (Phi) is 23.9. The Morgan fingerprint density at radius 1 is 0.524 bits per heavy atom. The van der Waals surface area contributed by atoms with Gasteiger partial charge in [-0.3, -0.25) is 14.8 Å². The van der Waals surface area contributed by atoms with Crippen LogP contribution in [-0.4, -0.2) is 42.8 Å². The predicted octanol–water partition coefficient (Wildman–Crippen LogP) is 5.04. The number of hydrogen-bond acceptors (Lipinski definition) is 11. The molecule has 0 saturated carbocycles. The molecule has 6 rings (SSSR count). The zero-order valence-electron chi connectivity index (χ0n) is 32.8. The summed E-state index contributed by atoms with van der Waals surface area (Å²) in [4.78, 5) is 9.22. The summed E-state index contributed by atoms with van der Waals surface area (Å²) < 4.78 is 163. The number of halogens is 6. The topological polar surface area (TPSA) is 197 Å². The molecule has 0 spiro atoms. The van der Waals surface area contributed by atoms with Crippen LogP contribution >= 0.6 is 0 Å². The molecule has 0 aliphatic heterocycles. The van der Waals surface area contributed by atoms with Gasteiger partial charge in [-0.05, 0) is 122 Å². The van der Waals surface area contributed by atoms with Crippen LogP contribution in [0, 0.1) is 104 Å². The van der Waals surface area contributed by atoms with Crippen LogP contribution in [0.2, 0.25) is 0 Å². The third kappa shape index (κ3) is 16.5. The zero-order valence-corrected chi connectivity index (χ0v) is 38.7. The van der Waals surface area contributed by atoms with E-state index in [1.165, 1.54) is 38.1 Å². The van der Waals surface area contributed by atoms with E-state index in [4.69, 9.17) is 12.6 Å². The van der Waals surface area contributed by atoms with Gasteiger partial charge in [0.1, 0.15) is 17.5 Å². The van der Waals surface area contributed by atoms with Gasteiger partial charge in [0.25, 0.3) is 0 Å². The molecule has 0 aliphatic rings. The molecule has 0 amide bonds. The van der Waals surface area contributed by atoms with E-state index in [1.807, 2.05) is 6.92 Å². The molecule has 6 aromatic rings. The molecular formula is C39H30ArF6NNaO11S4. The maximum absolute atomic E-state index is 13.2. The molecule has 0 fully saturated rings. The summed E-state index contributed by atoms with van der Waals surface area (Å²) in [5.41, 5.74) is 0.410. The molecule has 0 bridgehead atoms. The van der Waals surface area contributed by atoms with Gasteiger partial charge >= 0.3 is 45.9 Å². The fourth-order valence-corrected chi connectivity index (χ4v) is 8.61. The molecule has 0 heterocycles. The van der Waals surface area contributed by atoms with E-state index >= 15 is 0 Å². The van der Waals surface area contributed by atoms with Crippen molar-refractivity contribution in [3.05, 3.63) is 183 Å². The first kappa shape index (κ1) is 59.0. The second kappa shape index (κ2) is 25.5. The molecule has 12 nitrogen and oxygen atoms in total. The summed E-state index contributed by atoms with van der Waals surface area (Å²) in [7, 11) is -14.5. The van der Waals surface area contributed by atoms with Gasteiger partial charge in [-0.2, -0.15) is 16.5 Å². The summed E-state index contributed by atoms with van der Waals surface area (Å²) in [6.45, 7) is 4.75. The molecule has 0 aromatic heterocycles. The number of rotatable bonds is 7. The van der Waals surface area contributed by atoms with Crippen LogP contribution in [-0.2, 0) is 40.1 Å². The van der Waals surface area contributed by atoms with E-state index in [1.54, 1.807) is 24.3 Å². The molecule has 0 N–H and O–H groups in total. The Hall–Kier alpha value is -3.97. The van der Waals surface area contributed by atoms with Gasteiger partial charge in [0.15, 0.2) is 9.84 Å². The molecule has 0 radical (unpaired) electrons. The molecular weight excluding hydrogens is 964 g/mol. The molecule has 0 aliphatic carbocycles. The SMILES string of the molecule is Cc1cc(S(=O)(=O)c2c[c-]c(F)cc2)ccc1F.Cc1cc(S(=O)(=O)c2ccc(F)c([N+](=O)[O-])c2)ccc1F.Cc1ccc(S(=O)(=O)c2ccc(F)cc2)cc1.F.O=S(=O)=O.[Ar].[Na+]. The minimum absolute atomic E-state index is 0.